The van der Waals surface area contributed by atoms with Crippen molar-refractivity contribution in [2.75, 3.05) is 0 Å². The maximum atomic E-state index is 4.70. The fourth-order valence-corrected chi connectivity index (χ4v) is 2.21. The molecular weight excluding hydrogens is 220 g/mol. The van der Waals surface area contributed by atoms with Crippen molar-refractivity contribution in [1.82, 2.24) is 9.97 Å². The Hall–Kier alpha value is -2.22. The Balaban J connectivity index is 2.19. The molecule has 0 N–H and O–H groups in total. The van der Waals surface area contributed by atoms with Crippen LogP contribution in [0.15, 0.2) is 48.5 Å². The van der Waals surface area contributed by atoms with Gasteiger partial charge in [-0.25, -0.2) is 4.98 Å². The number of aromatic nitrogens is 2. The molecule has 0 unspecified atom stereocenters. The lowest BCUT2D eigenvalue weighted by Crippen LogP contribution is -1.90. The molecule has 88 valence electrons. The van der Waals surface area contributed by atoms with Crippen LogP contribution in [0.4, 0.5) is 0 Å². The molecule has 0 radical (unpaired) electrons. The predicted molar refractivity (Wildman–Crippen MR) is 74.4 cm³/mol. The molecule has 0 saturated heterocycles. The van der Waals surface area contributed by atoms with Gasteiger partial charge in [0, 0.05) is 22.3 Å². The van der Waals surface area contributed by atoms with Gasteiger partial charge in [0.1, 0.15) is 0 Å². The van der Waals surface area contributed by atoms with E-state index in [0.717, 1.165) is 28.2 Å². The third kappa shape index (κ3) is 1.97. The minimum absolute atomic E-state index is 1.00. The highest BCUT2D eigenvalue weighted by molar-refractivity contribution is 5.81. The van der Waals surface area contributed by atoms with E-state index in [0.29, 0.717) is 0 Å². The van der Waals surface area contributed by atoms with Gasteiger partial charge in [0.25, 0.3) is 0 Å². The smallest absolute Gasteiger partial charge is 0.0711 e. The number of hydrogen-bond acceptors (Lipinski definition) is 2. The number of aryl methyl sites for hydroxylation is 2. The third-order valence-corrected chi connectivity index (χ3v) is 2.98. The Morgan fingerprint density at radius 1 is 0.778 bits per heavy atom. The van der Waals surface area contributed by atoms with Crippen molar-refractivity contribution in [1.29, 1.82) is 0 Å². The van der Waals surface area contributed by atoms with Crippen molar-refractivity contribution in [2.24, 2.45) is 0 Å². The van der Waals surface area contributed by atoms with Crippen LogP contribution in [-0.4, -0.2) is 9.97 Å². The minimum atomic E-state index is 1.00. The first-order valence-corrected chi connectivity index (χ1v) is 6.04. The van der Waals surface area contributed by atoms with E-state index in [1.54, 1.807) is 0 Å². The molecular formula is C16H14N2. The lowest BCUT2D eigenvalue weighted by atomic mass is 10.1. The summed E-state index contributed by atoms with van der Waals surface area (Å²) in [5, 5.41) is 1.17. The molecule has 0 spiro atoms. The molecule has 2 heterocycles. The van der Waals surface area contributed by atoms with Crippen molar-refractivity contribution in [2.45, 2.75) is 13.8 Å². The van der Waals surface area contributed by atoms with Gasteiger partial charge in [-0.2, -0.15) is 0 Å². The number of hydrogen-bond donors (Lipinski definition) is 0. The average molecular weight is 234 g/mol. The Kier molecular flexibility index (Phi) is 2.56. The lowest BCUT2D eigenvalue weighted by Gasteiger charge is -2.05. The number of pyridine rings is 2. The van der Waals surface area contributed by atoms with Gasteiger partial charge in [-0.3, -0.25) is 4.98 Å². The molecule has 0 aliphatic carbocycles. The number of rotatable bonds is 1. The van der Waals surface area contributed by atoms with E-state index in [1.165, 1.54) is 5.39 Å². The van der Waals surface area contributed by atoms with E-state index in [1.807, 2.05) is 32.0 Å². The Morgan fingerprint density at radius 3 is 2.28 bits per heavy atom. The van der Waals surface area contributed by atoms with Gasteiger partial charge in [0.15, 0.2) is 0 Å². The van der Waals surface area contributed by atoms with E-state index in [-0.39, 0.29) is 0 Å². The van der Waals surface area contributed by atoms with Crippen LogP contribution in [0.5, 0.6) is 0 Å². The molecule has 2 heteroatoms. The molecule has 2 aromatic heterocycles. The molecule has 0 bridgehead atoms. The third-order valence-electron chi connectivity index (χ3n) is 2.98. The number of benzene rings is 1. The van der Waals surface area contributed by atoms with Gasteiger partial charge >= 0.3 is 0 Å². The van der Waals surface area contributed by atoms with Gasteiger partial charge < -0.3 is 0 Å². The van der Waals surface area contributed by atoms with Crippen molar-refractivity contribution in [3.8, 4) is 11.3 Å². The van der Waals surface area contributed by atoms with E-state index >= 15 is 0 Å². The summed E-state index contributed by atoms with van der Waals surface area (Å²) < 4.78 is 0. The predicted octanol–water partition coefficient (Wildman–Crippen LogP) is 3.91. The zero-order valence-electron chi connectivity index (χ0n) is 10.5. The maximum Gasteiger partial charge on any atom is 0.0711 e. The summed E-state index contributed by atoms with van der Waals surface area (Å²) in [4.78, 5) is 9.09. The maximum absolute atomic E-state index is 4.70. The largest absolute Gasteiger partial charge is 0.258 e. The zero-order chi connectivity index (χ0) is 12.5. The summed E-state index contributed by atoms with van der Waals surface area (Å²) in [6, 6.07) is 16.5. The minimum Gasteiger partial charge on any atom is -0.258 e. The summed E-state index contributed by atoms with van der Waals surface area (Å²) in [5.41, 5.74) is 5.22. The van der Waals surface area contributed by atoms with Crippen LogP contribution < -0.4 is 0 Å². The van der Waals surface area contributed by atoms with Crippen LogP contribution in [0.3, 0.4) is 0 Å². The SMILES string of the molecule is Cc1cc(-c2ccc3ccccc3n2)cc(C)n1. The normalized spacial score (nSPS) is 10.8. The zero-order valence-corrected chi connectivity index (χ0v) is 10.5. The van der Waals surface area contributed by atoms with Crippen LogP contribution in [0.2, 0.25) is 0 Å². The molecule has 0 aliphatic rings. The molecule has 2 nitrogen and oxygen atoms in total. The quantitative estimate of drug-likeness (QED) is 0.638. The van der Waals surface area contributed by atoms with Crippen molar-refractivity contribution < 1.29 is 0 Å². The van der Waals surface area contributed by atoms with Gasteiger partial charge in [-0.05, 0) is 38.1 Å². The Morgan fingerprint density at radius 2 is 1.50 bits per heavy atom. The van der Waals surface area contributed by atoms with E-state index in [2.05, 4.69) is 35.3 Å². The molecule has 3 rings (SSSR count). The molecule has 0 saturated carbocycles. The molecule has 0 aliphatic heterocycles. The summed E-state index contributed by atoms with van der Waals surface area (Å²) in [6.45, 7) is 4.02. The summed E-state index contributed by atoms with van der Waals surface area (Å²) in [5.74, 6) is 0. The summed E-state index contributed by atoms with van der Waals surface area (Å²) in [7, 11) is 0. The fraction of sp³-hybridized carbons (Fsp3) is 0.125. The van der Waals surface area contributed by atoms with Crippen LogP contribution in [0.1, 0.15) is 11.4 Å². The Labute approximate surface area is 106 Å². The van der Waals surface area contributed by atoms with Crippen LogP contribution in [-0.2, 0) is 0 Å². The second kappa shape index (κ2) is 4.22. The highest BCUT2D eigenvalue weighted by Gasteiger charge is 2.03. The van der Waals surface area contributed by atoms with Gasteiger partial charge in [-0.15, -0.1) is 0 Å². The summed E-state index contributed by atoms with van der Waals surface area (Å²) >= 11 is 0. The fourth-order valence-electron chi connectivity index (χ4n) is 2.21. The van der Waals surface area contributed by atoms with Crippen LogP contribution >= 0.6 is 0 Å². The molecule has 0 amide bonds. The van der Waals surface area contributed by atoms with E-state index in [9.17, 15) is 0 Å². The summed E-state index contributed by atoms with van der Waals surface area (Å²) in [6.07, 6.45) is 0. The van der Waals surface area contributed by atoms with E-state index in [4.69, 9.17) is 4.98 Å². The number of para-hydroxylation sites is 1. The van der Waals surface area contributed by atoms with Crippen molar-refractivity contribution in [3.05, 3.63) is 59.9 Å². The van der Waals surface area contributed by atoms with Gasteiger partial charge in [0.2, 0.25) is 0 Å². The van der Waals surface area contributed by atoms with Crippen LogP contribution in [0, 0.1) is 13.8 Å². The lowest BCUT2D eigenvalue weighted by molar-refractivity contribution is 1.12. The second-order valence-corrected chi connectivity index (χ2v) is 4.53. The monoisotopic (exact) mass is 234 g/mol. The average Bonchev–Trinajstić information content (AvgIpc) is 2.37. The molecule has 1 aromatic carbocycles. The van der Waals surface area contributed by atoms with Crippen LogP contribution in [0.25, 0.3) is 22.2 Å². The standard InChI is InChI=1S/C16H14N2/c1-11-9-14(10-12(2)17-11)16-8-7-13-5-3-4-6-15(13)18-16/h3-10H,1-2H3. The Bertz CT molecular complexity index is 697. The first kappa shape index (κ1) is 10.9. The molecule has 0 fully saturated rings. The van der Waals surface area contributed by atoms with E-state index < -0.39 is 0 Å². The van der Waals surface area contributed by atoms with Gasteiger partial charge in [-0.1, -0.05) is 24.3 Å². The topological polar surface area (TPSA) is 25.8 Å². The highest BCUT2D eigenvalue weighted by atomic mass is 14.7. The highest BCUT2D eigenvalue weighted by Crippen LogP contribution is 2.21. The molecule has 3 aromatic rings. The second-order valence-electron chi connectivity index (χ2n) is 4.53. The molecule has 0 atom stereocenters. The number of nitrogens with zero attached hydrogens (tertiary/aromatic N) is 2. The van der Waals surface area contributed by atoms with Crippen molar-refractivity contribution >= 4 is 10.9 Å². The molecule has 18 heavy (non-hydrogen) atoms. The van der Waals surface area contributed by atoms with Gasteiger partial charge in [0.05, 0.1) is 11.2 Å². The first-order chi connectivity index (χ1) is 8.72. The first-order valence-electron chi connectivity index (χ1n) is 6.04. The van der Waals surface area contributed by atoms with Crippen molar-refractivity contribution in [3.63, 3.8) is 0 Å². The number of fused-ring (bicyclic) bond motifs is 1.